The quantitative estimate of drug-likeness (QED) is 0.445. The number of aryl methyl sites for hydroxylation is 1. The van der Waals surface area contributed by atoms with Gasteiger partial charge in [-0.15, -0.1) is 11.3 Å². The average Bonchev–Trinajstić information content (AvgIpc) is 3.39. The van der Waals surface area contributed by atoms with Gasteiger partial charge in [-0.1, -0.05) is 11.2 Å². The Hall–Kier alpha value is -3.99. The lowest BCUT2D eigenvalue weighted by Gasteiger charge is -2.28. The number of fused-ring (bicyclic) bond motifs is 1. The van der Waals surface area contributed by atoms with Gasteiger partial charge in [0.2, 0.25) is 0 Å². The maximum absolute atomic E-state index is 13.0. The number of amides is 1. The van der Waals surface area contributed by atoms with Gasteiger partial charge < -0.3 is 35.1 Å². The van der Waals surface area contributed by atoms with E-state index in [4.69, 9.17) is 24.5 Å². The number of esters is 1. The van der Waals surface area contributed by atoms with Crippen LogP contribution >= 0.6 is 11.3 Å². The van der Waals surface area contributed by atoms with E-state index >= 15 is 0 Å². The molecule has 1 atom stereocenters. The zero-order valence-corrected chi connectivity index (χ0v) is 20.1. The summed E-state index contributed by atoms with van der Waals surface area (Å²) in [6, 6.07) is 6.97. The van der Waals surface area contributed by atoms with Gasteiger partial charge in [-0.05, 0) is 31.5 Å². The predicted octanol–water partition coefficient (Wildman–Crippen LogP) is 3.90. The lowest BCUT2D eigenvalue weighted by Crippen LogP contribution is -2.23. The van der Waals surface area contributed by atoms with Crippen molar-refractivity contribution in [2.24, 2.45) is 0 Å². The molecule has 0 saturated carbocycles. The van der Waals surface area contributed by atoms with Crippen LogP contribution in [0.15, 0.2) is 40.1 Å². The number of thiophene rings is 1. The lowest BCUT2D eigenvalue weighted by molar-refractivity contribution is -0.136. The molecule has 2 aromatic heterocycles. The Bertz CT molecular complexity index is 1310. The van der Waals surface area contributed by atoms with Crippen molar-refractivity contribution in [3.63, 3.8) is 0 Å². The van der Waals surface area contributed by atoms with Gasteiger partial charge in [0, 0.05) is 23.2 Å². The van der Waals surface area contributed by atoms with E-state index in [-0.39, 0.29) is 16.4 Å². The number of methoxy groups -OCH3 is 3. The summed E-state index contributed by atoms with van der Waals surface area (Å²) in [6.07, 6.45) is 0. The smallest absolute Gasteiger partial charge is 0.336 e. The first-order valence-electron chi connectivity index (χ1n) is 10.2. The molecule has 1 aromatic carbocycles. The van der Waals surface area contributed by atoms with E-state index in [2.05, 4.69) is 15.8 Å². The Morgan fingerprint density at radius 2 is 1.88 bits per heavy atom. The molecule has 0 spiro atoms. The number of hydrogen-bond donors (Lipinski definition) is 3. The highest BCUT2D eigenvalue weighted by Crippen LogP contribution is 2.51. The van der Waals surface area contributed by atoms with Crippen LogP contribution in [0.4, 0.5) is 16.5 Å². The summed E-state index contributed by atoms with van der Waals surface area (Å²) in [4.78, 5) is 26.1. The SMILES string of the molecule is COC(=O)C1=C(C)Nc2sc(C(=O)Nc3cc(C)on3)c(N)c2C1c1ccc(OC)c(OC)c1. The zero-order valence-electron chi connectivity index (χ0n) is 19.3. The molecule has 0 fully saturated rings. The first-order chi connectivity index (χ1) is 16.3. The molecule has 1 amide bonds. The van der Waals surface area contributed by atoms with Crippen molar-refractivity contribution in [3.05, 3.63) is 57.3 Å². The van der Waals surface area contributed by atoms with E-state index in [0.717, 1.165) is 5.56 Å². The molecule has 0 aliphatic carbocycles. The van der Waals surface area contributed by atoms with Gasteiger partial charge in [0.25, 0.3) is 5.91 Å². The molecule has 178 valence electrons. The normalized spacial score (nSPS) is 14.8. The minimum Gasteiger partial charge on any atom is -0.493 e. The summed E-state index contributed by atoms with van der Waals surface area (Å²) in [6.45, 7) is 3.50. The molecule has 34 heavy (non-hydrogen) atoms. The monoisotopic (exact) mass is 484 g/mol. The number of allylic oxidation sites excluding steroid dienone is 1. The largest absolute Gasteiger partial charge is 0.493 e. The molecule has 1 aliphatic heterocycles. The van der Waals surface area contributed by atoms with Crippen molar-refractivity contribution < 1.29 is 28.3 Å². The van der Waals surface area contributed by atoms with Crippen LogP contribution in [0.3, 0.4) is 0 Å². The van der Waals surface area contributed by atoms with E-state index in [1.165, 1.54) is 25.6 Å². The van der Waals surface area contributed by atoms with Crippen LogP contribution in [0, 0.1) is 6.92 Å². The molecule has 1 unspecified atom stereocenters. The van der Waals surface area contributed by atoms with Crippen LogP contribution in [0.2, 0.25) is 0 Å². The van der Waals surface area contributed by atoms with Crippen LogP contribution in [0.1, 0.15) is 39.4 Å². The van der Waals surface area contributed by atoms with Gasteiger partial charge in [-0.25, -0.2) is 4.79 Å². The number of nitrogen functional groups attached to an aromatic ring is 1. The first kappa shape index (κ1) is 23.2. The molecule has 4 N–H and O–H groups in total. The lowest BCUT2D eigenvalue weighted by atomic mass is 9.81. The fourth-order valence-electron chi connectivity index (χ4n) is 3.95. The molecule has 3 aromatic rings. The van der Waals surface area contributed by atoms with Crippen molar-refractivity contribution in [2.45, 2.75) is 19.8 Å². The number of hydrogen-bond acceptors (Lipinski definition) is 10. The molecule has 1 aliphatic rings. The maximum Gasteiger partial charge on any atom is 0.336 e. The van der Waals surface area contributed by atoms with Crippen molar-refractivity contribution in [1.29, 1.82) is 0 Å². The summed E-state index contributed by atoms with van der Waals surface area (Å²) >= 11 is 1.19. The molecule has 0 radical (unpaired) electrons. The van der Waals surface area contributed by atoms with Gasteiger partial charge in [0.1, 0.15) is 10.6 Å². The van der Waals surface area contributed by atoms with Crippen LogP contribution in [0.25, 0.3) is 0 Å². The minimum atomic E-state index is -0.601. The highest BCUT2D eigenvalue weighted by molar-refractivity contribution is 7.19. The standard InChI is InChI=1S/C23H24N4O6S/c1-10-8-15(27-33-10)26-21(28)20-19(24)18-17(12-6-7-13(30-3)14(9-12)31-4)16(23(29)32-5)11(2)25-22(18)34-20/h6-9,17,25H,24H2,1-5H3,(H,26,27,28). The van der Waals surface area contributed by atoms with Gasteiger partial charge in [0.15, 0.2) is 17.3 Å². The number of nitrogens with zero attached hydrogens (tertiary/aromatic N) is 1. The Kier molecular flexibility index (Phi) is 6.20. The Labute approximate surface area is 199 Å². The number of rotatable bonds is 6. The average molecular weight is 485 g/mol. The van der Waals surface area contributed by atoms with Crippen LogP contribution in [0.5, 0.6) is 11.5 Å². The molecule has 11 heteroatoms. The van der Waals surface area contributed by atoms with Gasteiger partial charge >= 0.3 is 5.97 Å². The molecular formula is C23H24N4O6S. The van der Waals surface area contributed by atoms with Gasteiger partial charge in [0.05, 0.1) is 37.6 Å². The van der Waals surface area contributed by atoms with Crippen molar-refractivity contribution in [1.82, 2.24) is 5.16 Å². The maximum atomic E-state index is 13.0. The summed E-state index contributed by atoms with van der Waals surface area (Å²) in [5, 5.41) is 10.3. The fraction of sp³-hybridized carbons (Fsp3) is 0.261. The Morgan fingerprint density at radius 3 is 2.50 bits per heavy atom. The van der Waals surface area contributed by atoms with Crippen molar-refractivity contribution in [2.75, 3.05) is 37.7 Å². The molecule has 0 saturated heterocycles. The minimum absolute atomic E-state index is 0.249. The zero-order chi connectivity index (χ0) is 24.6. The summed E-state index contributed by atoms with van der Waals surface area (Å²) in [5.74, 6) is 0.335. The predicted molar refractivity (Wildman–Crippen MR) is 128 cm³/mol. The van der Waals surface area contributed by atoms with Gasteiger partial charge in [-0.2, -0.15) is 0 Å². The second-order valence-electron chi connectivity index (χ2n) is 7.57. The van der Waals surface area contributed by atoms with E-state index in [9.17, 15) is 9.59 Å². The second-order valence-corrected chi connectivity index (χ2v) is 8.59. The topological polar surface area (TPSA) is 138 Å². The van der Waals surface area contributed by atoms with Crippen LogP contribution in [-0.4, -0.2) is 38.4 Å². The number of nitrogens with one attached hydrogen (secondary N) is 2. The number of anilines is 3. The Morgan fingerprint density at radius 1 is 1.15 bits per heavy atom. The van der Waals surface area contributed by atoms with Crippen LogP contribution < -0.4 is 25.8 Å². The van der Waals surface area contributed by atoms with Crippen molar-refractivity contribution in [3.8, 4) is 11.5 Å². The van der Waals surface area contributed by atoms with Crippen LogP contribution in [-0.2, 0) is 9.53 Å². The van der Waals surface area contributed by atoms with E-state index in [0.29, 0.717) is 39.1 Å². The number of benzene rings is 1. The summed E-state index contributed by atoms with van der Waals surface area (Å²) in [7, 11) is 4.40. The van der Waals surface area contributed by atoms with Gasteiger partial charge in [-0.3, -0.25) is 4.79 Å². The fourth-order valence-corrected chi connectivity index (χ4v) is 5.06. The van der Waals surface area contributed by atoms with E-state index < -0.39 is 17.8 Å². The number of aromatic nitrogens is 1. The molecule has 0 bridgehead atoms. The van der Waals surface area contributed by atoms with E-state index in [1.807, 2.05) is 6.07 Å². The highest BCUT2D eigenvalue weighted by atomic mass is 32.1. The summed E-state index contributed by atoms with van der Waals surface area (Å²) in [5.41, 5.74) is 9.08. The third-order valence-corrected chi connectivity index (χ3v) is 6.62. The third kappa shape index (κ3) is 3.94. The number of carbonyl (C=O) groups is 2. The number of ether oxygens (including phenoxy) is 3. The molecule has 4 rings (SSSR count). The number of carbonyl (C=O) groups excluding carboxylic acids is 2. The third-order valence-electron chi connectivity index (χ3n) is 5.49. The number of nitrogens with two attached hydrogens (primary N) is 1. The Balaban J connectivity index is 1.84. The summed E-state index contributed by atoms with van der Waals surface area (Å²) < 4.78 is 20.9. The second kappa shape index (κ2) is 9.10. The van der Waals surface area contributed by atoms with Crippen molar-refractivity contribution >= 4 is 39.7 Å². The molecule has 3 heterocycles. The first-order valence-corrected chi connectivity index (χ1v) is 11.1. The molecule has 10 nitrogen and oxygen atoms in total. The highest BCUT2D eigenvalue weighted by Gasteiger charge is 2.38. The van der Waals surface area contributed by atoms with E-state index in [1.54, 1.807) is 39.2 Å². The molecular weight excluding hydrogens is 460 g/mol.